The summed E-state index contributed by atoms with van der Waals surface area (Å²) in [7, 11) is 0. The van der Waals surface area contributed by atoms with Crippen molar-refractivity contribution in [2.24, 2.45) is 0 Å². The van der Waals surface area contributed by atoms with Gasteiger partial charge in [0.05, 0.1) is 0 Å². The Morgan fingerprint density at radius 2 is 2.08 bits per heavy atom. The van der Waals surface area contributed by atoms with Crippen LogP contribution in [0.5, 0.6) is 0 Å². The van der Waals surface area contributed by atoms with Gasteiger partial charge in [-0.3, -0.25) is 0 Å². The lowest BCUT2D eigenvalue weighted by molar-refractivity contribution is 0.845. The zero-order chi connectivity index (χ0) is 9.23. The Hall–Kier alpha value is -1.04. The molecule has 0 aliphatic rings. The van der Waals surface area contributed by atoms with E-state index in [1.54, 1.807) is 0 Å². The normalized spacial score (nSPS) is 11.9. The van der Waals surface area contributed by atoms with Crippen molar-refractivity contribution in [3.8, 4) is 0 Å². The highest BCUT2D eigenvalue weighted by Crippen LogP contribution is 2.08. The van der Waals surface area contributed by atoms with Gasteiger partial charge in [0, 0.05) is 0 Å². The Labute approximate surface area is 76.0 Å². The number of hydrogen-bond acceptors (Lipinski definition) is 0. The van der Waals surface area contributed by atoms with Crippen LogP contribution in [0.4, 0.5) is 0 Å². The molecule has 0 saturated heterocycles. The second-order valence-electron chi connectivity index (χ2n) is 2.62. The van der Waals surface area contributed by atoms with Gasteiger partial charge < -0.3 is 0 Å². The van der Waals surface area contributed by atoms with Crippen LogP contribution >= 0.6 is 0 Å². The fourth-order valence-corrected chi connectivity index (χ4v) is 0.981. The molecule has 0 aromatic carbocycles. The zero-order valence-corrected chi connectivity index (χ0v) is 7.92. The third kappa shape index (κ3) is 5.72. The Balaban J connectivity index is 3.48. The molecule has 0 aromatic rings. The van der Waals surface area contributed by atoms with E-state index in [0.29, 0.717) is 0 Å². The Morgan fingerprint density at radius 1 is 1.33 bits per heavy atom. The summed E-state index contributed by atoms with van der Waals surface area (Å²) >= 11 is 0. The largest absolute Gasteiger partial charge is 0.0991 e. The van der Waals surface area contributed by atoms with Crippen molar-refractivity contribution in [1.82, 2.24) is 0 Å². The van der Waals surface area contributed by atoms with Crippen molar-refractivity contribution in [3.63, 3.8) is 0 Å². The highest BCUT2D eigenvalue weighted by Gasteiger charge is 1.88. The third-order valence-electron chi connectivity index (χ3n) is 1.74. The van der Waals surface area contributed by atoms with E-state index in [4.69, 9.17) is 0 Å². The topological polar surface area (TPSA) is 0 Å². The second-order valence-corrected chi connectivity index (χ2v) is 2.62. The summed E-state index contributed by atoms with van der Waals surface area (Å²) in [6.07, 6.45) is 13.4. The van der Waals surface area contributed by atoms with Crippen LogP contribution in [0.15, 0.2) is 49.1 Å². The van der Waals surface area contributed by atoms with Crippen molar-refractivity contribution in [3.05, 3.63) is 49.1 Å². The van der Waals surface area contributed by atoms with Crippen molar-refractivity contribution in [2.75, 3.05) is 0 Å². The first-order valence-corrected chi connectivity index (χ1v) is 4.40. The molecule has 66 valence electrons. The summed E-state index contributed by atoms with van der Waals surface area (Å²) < 4.78 is 0. The predicted octanol–water partition coefficient (Wildman–Crippen LogP) is 4.03. The maximum Gasteiger partial charge on any atom is -0.0279 e. The third-order valence-corrected chi connectivity index (χ3v) is 1.74. The highest BCUT2D eigenvalue weighted by atomic mass is 13.9. The average Bonchev–Trinajstić information content (AvgIpc) is 2.11. The number of unbranched alkanes of at least 4 members (excludes halogenated alkanes) is 1. The molecule has 0 heterocycles. The van der Waals surface area contributed by atoms with E-state index in [-0.39, 0.29) is 0 Å². The summed E-state index contributed by atoms with van der Waals surface area (Å²) in [4.78, 5) is 0. The van der Waals surface area contributed by atoms with Crippen LogP contribution in [0.25, 0.3) is 0 Å². The first kappa shape index (κ1) is 11.0. The summed E-state index contributed by atoms with van der Waals surface area (Å²) in [5.74, 6) is 0. The second kappa shape index (κ2) is 8.06. The molecule has 0 heteroatoms. The quantitative estimate of drug-likeness (QED) is 0.408. The molecular formula is C12H18. The van der Waals surface area contributed by atoms with Gasteiger partial charge in [-0.2, -0.15) is 0 Å². The first-order chi connectivity index (χ1) is 5.85. The molecular weight excluding hydrogens is 144 g/mol. The van der Waals surface area contributed by atoms with Gasteiger partial charge in [0.1, 0.15) is 0 Å². The maximum atomic E-state index is 3.74. The smallest absolute Gasteiger partial charge is 0.0279 e. The number of allylic oxidation sites excluding steroid dienone is 6. The van der Waals surface area contributed by atoms with Crippen LogP contribution in [-0.4, -0.2) is 0 Å². The van der Waals surface area contributed by atoms with E-state index in [1.807, 2.05) is 18.2 Å². The van der Waals surface area contributed by atoms with E-state index >= 15 is 0 Å². The minimum Gasteiger partial charge on any atom is -0.0991 e. The van der Waals surface area contributed by atoms with Gasteiger partial charge in [0.25, 0.3) is 0 Å². The van der Waals surface area contributed by atoms with Crippen molar-refractivity contribution in [1.29, 1.82) is 0 Å². The molecule has 0 unspecified atom stereocenters. The Bertz CT molecular complexity index is 182. The van der Waals surface area contributed by atoms with Gasteiger partial charge in [-0.15, -0.1) is 0 Å². The lowest BCUT2D eigenvalue weighted by atomic mass is 10.1. The average molecular weight is 162 g/mol. The fraction of sp³-hybridized carbons (Fsp3) is 0.333. The van der Waals surface area contributed by atoms with E-state index in [1.165, 1.54) is 12.0 Å². The van der Waals surface area contributed by atoms with Crippen LogP contribution in [0.1, 0.15) is 26.2 Å². The summed E-state index contributed by atoms with van der Waals surface area (Å²) in [6, 6.07) is 0. The summed E-state index contributed by atoms with van der Waals surface area (Å²) in [5, 5.41) is 0. The van der Waals surface area contributed by atoms with Crippen LogP contribution in [0.2, 0.25) is 0 Å². The molecule has 0 spiro atoms. The van der Waals surface area contributed by atoms with Gasteiger partial charge >= 0.3 is 0 Å². The van der Waals surface area contributed by atoms with Gasteiger partial charge in [0.15, 0.2) is 0 Å². The molecule has 0 aliphatic carbocycles. The van der Waals surface area contributed by atoms with E-state index in [9.17, 15) is 0 Å². The van der Waals surface area contributed by atoms with Crippen LogP contribution < -0.4 is 0 Å². The molecule has 0 saturated carbocycles. The van der Waals surface area contributed by atoms with Crippen molar-refractivity contribution in [2.45, 2.75) is 26.2 Å². The minimum atomic E-state index is 1.12. The van der Waals surface area contributed by atoms with Gasteiger partial charge in [0.2, 0.25) is 0 Å². The van der Waals surface area contributed by atoms with Gasteiger partial charge in [-0.25, -0.2) is 0 Å². The standard InChI is InChI=1S/C12H18/c1-4-7-8-9-10-11-12(5-2)6-3/h4-8H,1-2,9-11H2,3H3/b8-7-,12-6?. The zero-order valence-electron chi connectivity index (χ0n) is 7.92. The van der Waals surface area contributed by atoms with Crippen LogP contribution in [-0.2, 0) is 0 Å². The van der Waals surface area contributed by atoms with Crippen molar-refractivity contribution >= 4 is 0 Å². The monoisotopic (exact) mass is 162 g/mol. The summed E-state index contributed by atoms with van der Waals surface area (Å²) in [5.41, 5.74) is 1.34. The van der Waals surface area contributed by atoms with Gasteiger partial charge in [-0.1, -0.05) is 49.1 Å². The van der Waals surface area contributed by atoms with E-state index in [2.05, 4.69) is 32.2 Å². The minimum absolute atomic E-state index is 1.12. The lowest BCUT2D eigenvalue weighted by Gasteiger charge is -1.97. The molecule has 0 atom stereocenters. The molecule has 0 aromatic heterocycles. The van der Waals surface area contributed by atoms with Crippen molar-refractivity contribution < 1.29 is 0 Å². The molecule has 0 rings (SSSR count). The first-order valence-electron chi connectivity index (χ1n) is 4.40. The highest BCUT2D eigenvalue weighted by molar-refractivity contribution is 5.14. The molecule has 0 aliphatic heterocycles. The maximum absolute atomic E-state index is 3.74. The summed E-state index contributed by atoms with van der Waals surface area (Å²) in [6.45, 7) is 9.41. The molecule has 0 fully saturated rings. The molecule has 0 nitrogen and oxygen atoms in total. The van der Waals surface area contributed by atoms with E-state index in [0.717, 1.165) is 12.8 Å². The molecule has 12 heavy (non-hydrogen) atoms. The molecule has 0 bridgehead atoms. The molecule has 0 N–H and O–H groups in total. The fourth-order valence-electron chi connectivity index (χ4n) is 0.981. The van der Waals surface area contributed by atoms with E-state index < -0.39 is 0 Å². The van der Waals surface area contributed by atoms with Crippen LogP contribution in [0.3, 0.4) is 0 Å². The van der Waals surface area contributed by atoms with Gasteiger partial charge in [-0.05, 0) is 26.2 Å². The number of hydrogen-bond donors (Lipinski definition) is 0. The Morgan fingerprint density at radius 3 is 2.58 bits per heavy atom. The van der Waals surface area contributed by atoms with Crippen LogP contribution in [0, 0.1) is 0 Å². The SMILES string of the molecule is C=C/C=C\CCCC(C=C)=CC. The Kier molecular flexibility index (Phi) is 7.36. The lowest BCUT2D eigenvalue weighted by Crippen LogP contribution is -1.77. The molecule has 0 amide bonds. The number of rotatable bonds is 6. The predicted molar refractivity (Wildman–Crippen MR) is 57.1 cm³/mol. The molecule has 0 radical (unpaired) electrons.